The van der Waals surface area contributed by atoms with Gasteiger partial charge in [0.05, 0.1) is 6.61 Å². The van der Waals surface area contributed by atoms with Gasteiger partial charge in [-0.15, -0.1) is 0 Å². The number of aliphatic hydroxyl groups excluding tert-OH is 1. The molecule has 0 unspecified atom stereocenters. The van der Waals surface area contributed by atoms with Crippen molar-refractivity contribution in [2.75, 3.05) is 12.4 Å². The molecule has 0 aliphatic heterocycles. The van der Waals surface area contributed by atoms with E-state index in [4.69, 9.17) is 10.4 Å². The summed E-state index contributed by atoms with van der Waals surface area (Å²) < 4.78 is 0. The molecule has 0 bridgehead atoms. The molecule has 1 aromatic heterocycles. The van der Waals surface area contributed by atoms with E-state index in [9.17, 15) is 0 Å². The molecule has 0 fully saturated rings. The van der Waals surface area contributed by atoms with Crippen LogP contribution in [0.1, 0.15) is 11.4 Å². The molecule has 0 atom stereocenters. The van der Waals surface area contributed by atoms with Gasteiger partial charge in [0.1, 0.15) is 11.8 Å². The monoisotopic (exact) mass is 195 g/mol. The van der Waals surface area contributed by atoms with Crippen LogP contribution in [0.4, 0.5) is 0 Å². The number of rotatable bonds is 3. The number of hydrogen-bond donors (Lipinski definition) is 1. The zero-order valence-electron chi connectivity index (χ0n) is 7.19. The van der Waals surface area contributed by atoms with Crippen molar-refractivity contribution in [2.24, 2.45) is 0 Å². The number of aliphatic hydroxyl groups is 1. The molecule has 0 amide bonds. The fourth-order valence-electron chi connectivity index (χ4n) is 0.800. The minimum absolute atomic E-state index is 0.0872. The van der Waals surface area contributed by atoms with Crippen molar-refractivity contribution >= 4 is 11.8 Å². The van der Waals surface area contributed by atoms with Gasteiger partial charge in [-0.3, -0.25) is 0 Å². The van der Waals surface area contributed by atoms with Gasteiger partial charge in [-0.05, 0) is 13.0 Å². The van der Waals surface area contributed by atoms with Gasteiger partial charge in [0.25, 0.3) is 0 Å². The largest absolute Gasteiger partial charge is 0.396 e. The van der Waals surface area contributed by atoms with Crippen LogP contribution in [0, 0.1) is 18.3 Å². The third-order valence-electron chi connectivity index (χ3n) is 1.27. The van der Waals surface area contributed by atoms with Crippen LogP contribution in [-0.4, -0.2) is 27.4 Å². The normalized spacial score (nSPS) is 9.62. The summed E-state index contributed by atoms with van der Waals surface area (Å²) in [5, 5.41) is 17.7. The summed E-state index contributed by atoms with van der Waals surface area (Å²) in [7, 11) is 0. The Hall–Kier alpha value is -1.12. The molecule has 0 radical (unpaired) electrons. The van der Waals surface area contributed by atoms with E-state index in [1.165, 1.54) is 11.8 Å². The highest BCUT2D eigenvalue weighted by Crippen LogP contribution is 2.12. The Morgan fingerprint density at radius 3 is 3.00 bits per heavy atom. The van der Waals surface area contributed by atoms with Crippen LogP contribution in [0.3, 0.4) is 0 Å². The van der Waals surface area contributed by atoms with E-state index < -0.39 is 0 Å². The van der Waals surface area contributed by atoms with Gasteiger partial charge in [-0.2, -0.15) is 5.26 Å². The lowest BCUT2D eigenvalue weighted by Gasteiger charge is -1.99. The van der Waals surface area contributed by atoms with Crippen molar-refractivity contribution in [3.8, 4) is 6.07 Å². The minimum Gasteiger partial charge on any atom is -0.396 e. The summed E-state index contributed by atoms with van der Waals surface area (Å²) in [6.45, 7) is 1.90. The fourth-order valence-corrected chi connectivity index (χ4v) is 1.45. The lowest BCUT2D eigenvalue weighted by atomic mass is 10.4. The zero-order valence-corrected chi connectivity index (χ0v) is 8.01. The maximum absolute atomic E-state index is 8.61. The van der Waals surface area contributed by atoms with Crippen LogP contribution < -0.4 is 0 Å². The van der Waals surface area contributed by atoms with Gasteiger partial charge in [-0.1, -0.05) is 11.8 Å². The second-order valence-corrected chi connectivity index (χ2v) is 3.42. The fraction of sp³-hybridized carbons (Fsp3) is 0.375. The predicted octanol–water partition coefficient (Wildman–Crippen LogP) is 0.741. The molecular formula is C8H9N3OS. The smallest absolute Gasteiger partial charge is 0.189 e. The van der Waals surface area contributed by atoms with E-state index in [1.807, 2.05) is 13.0 Å². The highest BCUT2D eigenvalue weighted by molar-refractivity contribution is 7.99. The molecule has 1 N–H and O–H groups in total. The molecule has 1 rings (SSSR count). The van der Waals surface area contributed by atoms with Crippen LogP contribution in [0.25, 0.3) is 0 Å². The number of aryl methyl sites for hydroxylation is 1. The molecule has 0 saturated heterocycles. The molecule has 68 valence electrons. The van der Waals surface area contributed by atoms with Crippen molar-refractivity contribution in [2.45, 2.75) is 12.1 Å². The van der Waals surface area contributed by atoms with Gasteiger partial charge in [0.15, 0.2) is 5.16 Å². The molecule has 0 saturated carbocycles. The molecular weight excluding hydrogens is 186 g/mol. The van der Waals surface area contributed by atoms with Crippen LogP contribution in [0.2, 0.25) is 0 Å². The highest BCUT2D eigenvalue weighted by atomic mass is 32.2. The molecule has 1 heterocycles. The first kappa shape index (κ1) is 9.96. The van der Waals surface area contributed by atoms with Gasteiger partial charge in [0, 0.05) is 11.4 Å². The molecule has 5 heteroatoms. The number of nitriles is 1. The third kappa shape index (κ3) is 3.01. The quantitative estimate of drug-likeness (QED) is 0.569. The van der Waals surface area contributed by atoms with Crippen LogP contribution in [-0.2, 0) is 0 Å². The summed E-state index contributed by atoms with van der Waals surface area (Å²) in [4.78, 5) is 8.08. The molecule has 13 heavy (non-hydrogen) atoms. The third-order valence-corrected chi connectivity index (χ3v) is 2.10. The van der Waals surface area contributed by atoms with E-state index in [0.29, 0.717) is 16.6 Å². The Labute approximate surface area is 80.6 Å². The van der Waals surface area contributed by atoms with Gasteiger partial charge < -0.3 is 5.11 Å². The maximum atomic E-state index is 8.61. The van der Waals surface area contributed by atoms with Gasteiger partial charge in [-0.25, -0.2) is 9.97 Å². The Bertz CT molecular complexity index is 335. The average Bonchev–Trinajstić information content (AvgIpc) is 2.14. The molecule has 0 aliphatic carbocycles. The first-order chi connectivity index (χ1) is 6.26. The second-order valence-electron chi connectivity index (χ2n) is 2.36. The zero-order chi connectivity index (χ0) is 9.68. The lowest BCUT2D eigenvalue weighted by molar-refractivity contribution is 0.322. The molecule has 0 aromatic carbocycles. The Kier molecular flexibility index (Phi) is 3.68. The molecule has 1 aromatic rings. The first-order valence-electron chi connectivity index (χ1n) is 3.75. The van der Waals surface area contributed by atoms with E-state index in [1.54, 1.807) is 6.07 Å². The topological polar surface area (TPSA) is 69.8 Å². The first-order valence-corrected chi connectivity index (χ1v) is 4.74. The van der Waals surface area contributed by atoms with Crippen LogP contribution in [0.15, 0.2) is 11.2 Å². The van der Waals surface area contributed by atoms with E-state index in [2.05, 4.69) is 9.97 Å². The standard InChI is InChI=1S/C8H9N3OS/c1-6-4-7(5-9)11-8(10-6)13-3-2-12/h4,12H,2-3H2,1H3. The summed E-state index contributed by atoms with van der Waals surface area (Å²) in [6.07, 6.45) is 0. The molecule has 4 nitrogen and oxygen atoms in total. The number of aromatic nitrogens is 2. The van der Waals surface area contributed by atoms with Crippen molar-refractivity contribution in [1.29, 1.82) is 5.26 Å². The second kappa shape index (κ2) is 4.80. The Balaban J connectivity index is 2.83. The van der Waals surface area contributed by atoms with Crippen molar-refractivity contribution in [3.05, 3.63) is 17.5 Å². The van der Waals surface area contributed by atoms with E-state index in [-0.39, 0.29) is 6.61 Å². The summed E-state index contributed by atoms with van der Waals surface area (Å²) in [6, 6.07) is 3.59. The molecule has 0 aliphatic rings. The van der Waals surface area contributed by atoms with E-state index in [0.717, 1.165) is 5.69 Å². The van der Waals surface area contributed by atoms with Crippen molar-refractivity contribution in [3.63, 3.8) is 0 Å². The summed E-state index contributed by atoms with van der Waals surface area (Å²) >= 11 is 1.34. The average molecular weight is 195 g/mol. The van der Waals surface area contributed by atoms with Crippen molar-refractivity contribution < 1.29 is 5.11 Å². The summed E-state index contributed by atoms with van der Waals surface area (Å²) in [5.41, 5.74) is 1.14. The van der Waals surface area contributed by atoms with Gasteiger partial charge in [0.2, 0.25) is 0 Å². The minimum atomic E-state index is 0.0872. The maximum Gasteiger partial charge on any atom is 0.189 e. The highest BCUT2D eigenvalue weighted by Gasteiger charge is 2.01. The van der Waals surface area contributed by atoms with Gasteiger partial charge >= 0.3 is 0 Å². The Morgan fingerprint density at radius 1 is 1.62 bits per heavy atom. The van der Waals surface area contributed by atoms with Crippen LogP contribution >= 0.6 is 11.8 Å². The van der Waals surface area contributed by atoms with Crippen molar-refractivity contribution in [1.82, 2.24) is 9.97 Å². The predicted molar refractivity (Wildman–Crippen MR) is 49.3 cm³/mol. The number of thioether (sulfide) groups is 1. The van der Waals surface area contributed by atoms with E-state index >= 15 is 0 Å². The SMILES string of the molecule is Cc1cc(C#N)nc(SCCO)n1. The summed E-state index contributed by atoms with van der Waals surface area (Å²) in [5.74, 6) is 0.550. The molecule has 0 spiro atoms. The number of nitrogens with zero attached hydrogens (tertiary/aromatic N) is 3. The Morgan fingerprint density at radius 2 is 2.38 bits per heavy atom. The number of hydrogen-bond acceptors (Lipinski definition) is 5. The lowest BCUT2D eigenvalue weighted by Crippen LogP contribution is -1.95. The van der Waals surface area contributed by atoms with Crippen LogP contribution in [0.5, 0.6) is 0 Å².